The van der Waals surface area contributed by atoms with Crippen molar-refractivity contribution < 1.29 is 4.74 Å². The summed E-state index contributed by atoms with van der Waals surface area (Å²) in [6.07, 6.45) is 1.96. The summed E-state index contributed by atoms with van der Waals surface area (Å²) in [5.41, 5.74) is 7.44. The minimum atomic E-state index is 0.806. The van der Waals surface area contributed by atoms with Gasteiger partial charge < -0.3 is 14.2 Å². The van der Waals surface area contributed by atoms with Crippen LogP contribution in [0.25, 0.3) is 11.0 Å². The quantitative estimate of drug-likeness (QED) is 0.661. The minimum absolute atomic E-state index is 0.806. The molecule has 2 aromatic carbocycles. The topological polar surface area (TPSA) is 30.3 Å². The van der Waals surface area contributed by atoms with Crippen molar-refractivity contribution in [2.24, 2.45) is 0 Å². The first-order valence-corrected chi connectivity index (χ1v) is 8.91. The van der Waals surface area contributed by atoms with Crippen LogP contribution in [-0.2, 0) is 6.54 Å². The number of hydrogen-bond donors (Lipinski definition) is 0. The number of benzene rings is 2. The Morgan fingerprint density at radius 2 is 1.76 bits per heavy atom. The highest BCUT2D eigenvalue weighted by Crippen LogP contribution is 2.32. The molecule has 4 heteroatoms. The van der Waals surface area contributed by atoms with Gasteiger partial charge >= 0.3 is 0 Å². The Morgan fingerprint density at radius 1 is 1.08 bits per heavy atom. The number of aromatic nitrogens is 2. The largest absolute Gasteiger partial charge is 0.497 e. The fourth-order valence-corrected chi connectivity index (χ4v) is 3.38. The van der Waals surface area contributed by atoms with Gasteiger partial charge in [-0.25, -0.2) is 4.98 Å². The van der Waals surface area contributed by atoms with Crippen LogP contribution in [0.1, 0.15) is 30.5 Å². The number of ether oxygens (including phenoxy) is 1. The van der Waals surface area contributed by atoms with Crippen LogP contribution in [-0.4, -0.2) is 29.8 Å². The van der Waals surface area contributed by atoms with Gasteiger partial charge in [-0.1, -0.05) is 12.1 Å². The van der Waals surface area contributed by atoms with E-state index in [0.717, 1.165) is 30.9 Å². The van der Waals surface area contributed by atoms with E-state index in [1.807, 2.05) is 18.5 Å². The second-order valence-corrected chi connectivity index (χ2v) is 6.43. The van der Waals surface area contributed by atoms with Crippen LogP contribution in [0.4, 0.5) is 5.69 Å². The van der Waals surface area contributed by atoms with Crippen LogP contribution in [0.5, 0.6) is 5.75 Å². The first-order valence-electron chi connectivity index (χ1n) is 8.91. The normalized spacial score (nSPS) is 11.1. The third kappa shape index (κ3) is 3.21. The molecule has 0 aliphatic carbocycles. The highest BCUT2D eigenvalue weighted by molar-refractivity contribution is 5.92. The van der Waals surface area contributed by atoms with E-state index in [4.69, 9.17) is 9.72 Å². The monoisotopic (exact) mass is 337 g/mol. The van der Waals surface area contributed by atoms with Crippen LogP contribution in [0, 0.1) is 13.8 Å². The fourth-order valence-electron chi connectivity index (χ4n) is 3.38. The molecule has 0 aliphatic heterocycles. The molecule has 0 saturated heterocycles. The van der Waals surface area contributed by atoms with Crippen LogP contribution in [0.2, 0.25) is 0 Å². The highest BCUT2D eigenvalue weighted by Gasteiger charge is 2.16. The number of fused-ring (bicyclic) bond motifs is 1. The molecular formula is C21H27N3O. The third-order valence-electron chi connectivity index (χ3n) is 4.99. The van der Waals surface area contributed by atoms with Crippen LogP contribution >= 0.6 is 0 Å². The molecule has 3 aromatic rings. The van der Waals surface area contributed by atoms with Gasteiger partial charge in [0, 0.05) is 19.6 Å². The molecule has 0 bridgehead atoms. The van der Waals surface area contributed by atoms with E-state index in [1.54, 1.807) is 7.11 Å². The van der Waals surface area contributed by atoms with Gasteiger partial charge in [-0.3, -0.25) is 0 Å². The highest BCUT2D eigenvalue weighted by atomic mass is 16.5. The standard InChI is InChI=1S/C21H27N3O/c1-6-23(7-2)21-16(4)15(3)12-19-20(21)22-14-24(19)13-17-8-10-18(25-5)11-9-17/h8-12,14H,6-7,13H2,1-5H3. The van der Waals surface area contributed by atoms with Crippen molar-refractivity contribution in [1.82, 2.24) is 9.55 Å². The molecule has 0 radical (unpaired) electrons. The molecule has 0 atom stereocenters. The first kappa shape index (κ1) is 17.3. The molecule has 0 fully saturated rings. The number of methoxy groups -OCH3 is 1. The maximum Gasteiger partial charge on any atom is 0.118 e. The molecule has 0 saturated carbocycles. The lowest BCUT2D eigenvalue weighted by molar-refractivity contribution is 0.414. The van der Waals surface area contributed by atoms with Crippen LogP contribution in [0.15, 0.2) is 36.7 Å². The van der Waals surface area contributed by atoms with Crippen LogP contribution in [0.3, 0.4) is 0 Å². The van der Waals surface area contributed by atoms with Gasteiger partial charge in [-0.15, -0.1) is 0 Å². The molecule has 132 valence electrons. The summed E-state index contributed by atoms with van der Waals surface area (Å²) in [6, 6.07) is 10.5. The molecule has 0 aliphatic rings. The number of anilines is 1. The van der Waals surface area contributed by atoms with Gasteiger partial charge in [0.1, 0.15) is 11.3 Å². The van der Waals surface area contributed by atoms with Gasteiger partial charge in [0.05, 0.1) is 24.6 Å². The summed E-state index contributed by atoms with van der Waals surface area (Å²) in [4.78, 5) is 7.16. The van der Waals surface area contributed by atoms with E-state index < -0.39 is 0 Å². The van der Waals surface area contributed by atoms with Gasteiger partial charge in [0.15, 0.2) is 0 Å². The smallest absolute Gasteiger partial charge is 0.118 e. The molecule has 1 aromatic heterocycles. The fraction of sp³-hybridized carbons (Fsp3) is 0.381. The summed E-state index contributed by atoms with van der Waals surface area (Å²) in [5, 5.41) is 0. The van der Waals surface area contributed by atoms with E-state index in [2.05, 4.69) is 55.4 Å². The van der Waals surface area contributed by atoms with Gasteiger partial charge in [0.2, 0.25) is 0 Å². The first-order chi connectivity index (χ1) is 12.1. The molecule has 1 heterocycles. The molecule has 3 rings (SSSR count). The number of nitrogens with zero attached hydrogens (tertiary/aromatic N) is 3. The lowest BCUT2D eigenvalue weighted by Gasteiger charge is -2.24. The second kappa shape index (κ2) is 7.18. The minimum Gasteiger partial charge on any atom is -0.497 e. The Morgan fingerprint density at radius 3 is 2.36 bits per heavy atom. The molecule has 0 N–H and O–H groups in total. The van der Waals surface area contributed by atoms with Crippen molar-refractivity contribution in [2.75, 3.05) is 25.1 Å². The lowest BCUT2D eigenvalue weighted by atomic mass is 10.0. The Balaban J connectivity index is 2.05. The van der Waals surface area contributed by atoms with Crippen molar-refractivity contribution in [3.05, 3.63) is 53.3 Å². The van der Waals surface area contributed by atoms with Crippen molar-refractivity contribution in [3.63, 3.8) is 0 Å². The zero-order valence-corrected chi connectivity index (χ0v) is 15.8. The van der Waals surface area contributed by atoms with Crippen molar-refractivity contribution >= 4 is 16.7 Å². The van der Waals surface area contributed by atoms with E-state index in [1.165, 1.54) is 27.9 Å². The number of hydrogen-bond acceptors (Lipinski definition) is 3. The molecule has 4 nitrogen and oxygen atoms in total. The maximum atomic E-state index is 5.25. The van der Waals surface area contributed by atoms with E-state index in [0.29, 0.717) is 0 Å². The predicted molar refractivity (Wildman–Crippen MR) is 105 cm³/mol. The van der Waals surface area contributed by atoms with E-state index in [9.17, 15) is 0 Å². The summed E-state index contributed by atoms with van der Waals surface area (Å²) in [5.74, 6) is 0.884. The number of aryl methyl sites for hydroxylation is 1. The Hall–Kier alpha value is -2.49. The summed E-state index contributed by atoms with van der Waals surface area (Å²) >= 11 is 0. The number of rotatable bonds is 6. The van der Waals surface area contributed by atoms with Crippen molar-refractivity contribution in [3.8, 4) is 5.75 Å². The molecular weight excluding hydrogens is 310 g/mol. The maximum absolute atomic E-state index is 5.25. The molecule has 25 heavy (non-hydrogen) atoms. The Bertz CT molecular complexity index is 861. The average Bonchev–Trinajstić information content (AvgIpc) is 3.01. The summed E-state index contributed by atoms with van der Waals surface area (Å²) < 4.78 is 7.48. The zero-order valence-electron chi connectivity index (χ0n) is 15.8. The van der Waals surface area contributed by atoms with Gasteiger partial charge in [0.25, 0.3) is 0 Å². The van der Waals surface area contributed by atoms with Crippen molar-refractivity contribution in [2.45, 2.75) is 34.2 Å². The Labute approximate surface area is 150 Å². The second-order valence-electron chi connectivity index (χ2n) is 6.43. The molecule has 0 spiro atoms. The van der Waals surface area contributed by atoms with Crippen molar-refractivity contribution in [1.29, 1.82) is 0 Å². The van der Waals surface area contributed by atoms with Crippen LogP contribution < -0.4 is 9.64 Å². The number of imidazole rings is 1. The SMILES string of the molecule is CCN(CC)c1c(C)c(C)cc2c1ncn2Cc1ccc(OC)cc1. The lowest BCUT2D eigenvalue weighted by Crippen LogP contribution is -2.23. The molecule has 0 unspecified atom stereocenters. The summed E-state index contributed by atoms with van der Waals surface area (Å²) in [7, 11) is 1.69. The zero-order chi connectivity index (χ0) is 18.0. The average molecular weight is 337 g/mol. The van der Waals surface area contributed by atoms with E-state index >= 15 is 0 Å². The third-order valence-corrected chi connectivity index (χ3v) is 4.99. The van der Waals surface area contributed by atoms with E-state index in [-0.39, 0.29) is 0 Å². The predicted octanol–water partition coefficient (Wildman–Crippen LogP) is 4.56. The van der Waals surface area contributed by atoms with Gasteiger partial charge in [-0.05, 0) is 62.6 Å². The summed E-state index contributed by atoms with van der Waals surface area (Å²) in [6.45, 7) is 11.6. The van der Waals surface area contributed by atoms with Gasteiger partial charge in [-0.2, -0.15) is 0 Å². The molecule has 0 amide bonds. The Kier molecular flexibility index (Phi) is 4.98.